The molecule has 24 heavy (non-hydrogen) atoms. The Morgan fingerprint density at radius 1 is 1.00 bits per heavy atom. The fourth-order valence-electron chi connectivity index (χ4n) is 2.37. The minimum Gasteiger partial charge on any atom is -0.497 e. The average Bonchev–Trinajstić information content (AvgIpc) is 2.54. The highest BCUT2D eigenvalue weighted by Crippen LogP contribution is 2.23. The van der Waals surface area contributed by atoms with Gasteiger partial charge in [0.05, 0.1) is 12.6 Å². The number of rotatable bonds is 5. The smallest absolute Gasteiger partial charge is 0.319 e. The van der Waals surface area contributed by atoms with E-state index >= 15 is 0 Å². The van der Waals surface area contributed by atoms with Gasteiger partial charge in [0.1, 0.15) is 5.75 Å². The van der Waals surface area contributed by atoms with E-state index in [0.717, 1.165) is 22.7 Å². The Hall–Kier alpha value is -2.69. The number of carbonyl (C=O) groups excluding carboxylic acids is 1. The third-order valence-electron chi connectivity index (χ3n) is 3.88. The van der Waals surface area contributed by atoms with Crippen LogP contribution in [0.3, 0.4) is 0 Å². The normalized spacial score (nSPS) is 10.9. The Labute approximate surface area is 143 Å². The highest BCUT2D eigenvalue weighted by atomic mass is 16.5. The van der Waals surface area contributed by atoms with Crippen molar-refractivity contribution in [1.82, 2.24) is 5.32 Å². The molecule has 5 heteroatoms. The lowest BCUT2D eigenvalue weighted by Crippen LogP contribution is -2.43. The molecule has 128 valence electrons. The van der Waals surface area contributed by atoms with Gasteiger partial charge in [-0.15, -0.1) is 0 Å². The molecule has 0 aromatic heterocycles. The van der Waals surface area contributed by atoms with Gasteiger partial charge < -0.3 is 20.3 Å². The Balaban J connectivity index is 2.01. The third-order valence-corrected chi connectivity index (χ3v) is 3.88. The van der Waals surface area contributed by atoms with E-state index in [0.29, 0.717) is 0 Å². The van der Waals surface area contributed by atoms with Crippen molar-refractivity contribution in [3.63, 3.8) is 0 Å². The van der Waals surface area contributed by atoms with Crippen LogP contribution in [-0.2, 0) is 5.54 Å². The fourth-order valence-corrected chi connectivity index (χ4v) is 2.37. The molecular formula is C19H25N3O2. The molecule has 0 atom stereocenters. The first-order chi connectivity index (χ1) is 11.3. The van der Waals surface area contributed by atoms with Crippen molar-refractivity contribution < 1.29 is 9.53 Å². The van der Waals surface area contributed by atoms with Gasteiger partial charge in [0.2, 0.25) is 0 Å². The van der Waals surface area contributed by atoms with Crippen LogP contribution in [0, 0.1) is 0 Å². The van der Waals surface area contributed by atoms with Crippen molar-refractivity contribution >= 4 is 17.4 Å². The summed E-state index contributed by atoms with van der Waals surface area (Å²) in [7, 11) is 5.59. The van der Waals surface area contributed by atoms with Crippen LogP contribution in [0.2, 0.25) is 0 Å². The van der Waals surface area contributed by atoms with Crippen molar-refractivity contribution in [2.24, 2.45) is 0 Å². The van der Waals surface area contributed by atoms with E-state index in [9.17, 15) is 4.79 Å². The second kappa shape index (κ2) is 7.25. The summed E-state index contributed by atoms with van der Waals surface area (Å²) in [5, 5.41) is 5.86. The summed E-state index contributed by atoms with van der Waals surface area (Å²) in [6, 6.07) is 15.1. The summed E-state index contributed by atoms with van der Waals surface area (Å²) in [5.41, 5.74) is 2.34. The summed E-state index contributed by atoms with van der Waals surface area (Å²) in [4.78, 5) is 14.3. The molecule has 2 aromatic rings. The first kappa shape index (κ1) is 17.7. The van der Waals surface area contributed by atoms with Crippen molar-refractivity contribution in [3.05, 3.63) is 54.1 Å². The predicted octanol–water partition coefficient (Wildman–Crippen LogP) is 3.82. The maximum atomic E-state index is 12.3. The van der Waals surface area contributed by atoms with Crippen molar-refractivity contribution in [2.45, 2.75) is 19.4 Å². The molecular weight excluding hydrogens is 302 g/mol. The van der Waals surface area contributed by atoms with E-state index in [2.05, 4.69) is 10.6 Å². The van der Waals surface area contributed by atoms with Gasteiger partial charge in [0.15, 0.2) is 0 Å². The van der Waals surface area contributed by atoms with E-state index in [1.165, 1.54) is 0 Å². The lowest BCUT2D eigenvalue weighted by atomic mass is 9.94. The summed E-state index contributed by atoms with van der Waals surface area (Å²) in [5.74, 6) is 0.792. The van der Waals surface area contributed by atoms with Gasteiger partial charge in [-0.05, 0) is 55.8 Å². The van der Waals surface area contributed by atoms with E-state index in [4.69, 9.17) is 4.74 Å². The van der Waals surface area contributed by atoms with Gasteiger partial charge in [0.25, 0.3) is 0 Å². The Kier molecular flexibility index (Phi) is 5.34. The molecule has 0 spiro atoms. The summed E-state index contributed by atoms with van der Waals surface area (Å²) in [6.07, 6.45) is 0. The first-order valence-electron chi connectivity index (χ1n) is 7.83. The molecule has 2 N–H and O–H groups in total. The van der Waals surface area contributed by atoms with Crippen LogP contribution < -0.4 is 20.3 Å². The molecule has 0 radical (unpaired) electrons. The number of methoxy groups -OCH3 is 1. The van der Waals surface area contributed by atoms with E-state index in [1.54, 1.807) is 7.11 Å². The Morgan fingerprint density at radius 3 is 2.08 bits per heavy atom. The van der Waals surface area contributed by atoms with Crippen molar-refractivity contribution in [2.75, 3.05) is 31.4 Å². The molecule has 0 saturated carbocycles. The number of urea groups is 1. The number of nitrogens with one attached hydrogen (secondary N) is 2. The lowest BCUT2D eigenvalue weighted by molar-refractivity contribution is 0.242. The zero-order valence-electron chi connectivity index (χ0n) is 14.9. The molecule has 0 aliphatic carbocycles. The van der Waals surface area contributed by atoms with Crippen LogP contribution >= 0.6 is 0 Å². The first-order valence-corrected chi connectivity index (χ1v) is 7.83. The zero-order chi connectivity index (χ0) is 17.7. The molecule has 0 unspecified atom stereocenters. The Morgan fingerprint density at radius 2 is 1.58 bits per heavy atom. The monoisotopic (exact) mass is 327 g/mol. The summed E-state index contributed by atoms with van der Waals surface area (Å²) < 4.78 is 5.17. The molecule has 0 aliphatic rings. The van der Waals surface area contributed by atoms with E-state index < -0.39 is 5.54 Å². The number of nitrogens with zero attached hydrogens (tertiary/aromatic N) is 1. The van der Waals surface area contributed by atoms with Gasteiger partial charge in [0, 0.05) is 25.5 Å². The van der Waals surface area contributed by atoms with Gasteiger partial charge in [-0.2, -0.15) is 0 Å². The van der Waals surface area contributed by atoms with Gasteiger partial charge >= 0.3 is 6.03 Å². The van der Waals surface area contributed by atoms with Crippen LogP contribution in [-0.4, -0.2) is 27.2 Å². The number of hydrogen-bond acceptors (Lipinski definition) is 3. The van der Waals surface area contributed by atoms with Gasteiger partial charge in [-0.3, -0.25) is 0 Å². The number of carbonyl (C=O) groups is 1. The second-order valence-corrected chi connectivity index (χ2v) is 6.37. The lowest BCUT2D eigenvalue weighted by Gasteiger charge is -2.27. The largest absolute Gasteiger partial charge is 0.497 e. The average molecular weight is 327 g/mol. The quantitative estimate of drug-likeness (QED) is 0.878. The van der Waals surface area contributed by atoms with E-state index in [1.807, 2.05) is 81.4 Å². The zero-order valence-corrected chi connectivity index (χ0v) is 14.9. The maximum absolute atomic E-state index is 12.3. The number of benzene rings is 2. The van der Waals surface area contributed by atoms with Gasteiger partial charge in [-0.25, -0.2) is 4.79 Å². The maximum Gasteiger partial charge on any atom is 0.319 e. The number of hydrogen-bond donors (Lipinski definition) is 2. The standard InChI is InChI=1S/C19H25N3O2/c1-19(2,14-6-12-17(24-5)13-7-14)21-18(23)20-15-8-10-16(11-9-15)22(3)4/h6-13H,1-5H3,(H2,20,21,23). The van der Waals surface area contributed by atoms with Crippen LogP contribution in [0.5, 0.6) is 5.75 Å². The molecule has 2 rings (SSSR count). The molecule has 2 aromatic carbocycles. The fraction of sp³-hybridized carbons (Fsp3) is 0.316. The molecule has 2 amide bonds. The molecule has 5 nitrogen and oxygen atoms in total. The van der Waals surface area contributed by atoms with Crippen molar-refractivity contribution in [3.8, 4) is 5.75 Å². The molecule has 0 aliphatic heterocycles. The number of ether oxygens (including phenoxy) is 1. The third kappa shape index (κ3) is 4.41. The van der Waals surface area contributed by atoms with E-state index in [-0.39, 0.29) is 6.03 Å². The minimum atomic E-state index is -0.500. The molecule has 0 saturated heterocycles. The predicted molar refractivity (Wildman–Crippen MR) is 98.9 cm³/mol. The van der Waals surface area contributed by atoms with Crippen LogP contribution in [0.4, 0.5) is 16.2 Å². The van der Waals surface area contributed by atoms with Crippen LogP contribution in [0.1, 0.15) is 19.4 Å². The summed E-state index contributed by atoms with van der Waals surface area (Å²) >= 11 is 0. The highest BCUT2D eigenvalue weighted by Gasteiger charge is 2.22. The molecule has 0 heterocycles. The summed E-state index contributed by atoms with van der Waals surface area (Å²) in [6.45, 7) is 3.92. The van der Waals surface area contributed by atoms with Crippen LogP contribution in [0.15, 0.2) is 48.5 Å². The van der Waals surface area contributed by atoms with Crippen LogP contribution in [0.25, 0.3) is 0 Å². The highest BCUT2D eigenvalue weighted by molar-refractivity contribution is 5.90. The molecule has 0 fully saturated rings. The second-order valence-electron chi connectivity index (χ2n) is 6.37. The Bertz CT molecular complexity index is 677. The van der Waals surface area contributed by atoms with Crippen molar-refractivity contribution in [1.29, 1.82) is 0 Å². The molecule has 0 bridgehead atoms. The minimum absolute atomic E-state index is 0.242. The number of amides is 2. The number of anilines is 2. The van der Waals surface area contributed by atoms with Gasteiger partial charge in [-0.1, -0.05) is 12.1 Å². The topological polar surface area (TPSA) is 53.6 Å². The SMILES string of the molecule is COc1ccc(C(C)(C)NC(=O)Nc2ccc(N(C)C)cc2)cc1.